The van der Waals surface area contributed by atoms with Crippen LogP contribution in [0.15, 0.2) is 21.8 Å². The normalized spacial score (nSPS) is 21.0. The largest absolute Gasteiger partial charge is 0.376 e. The predicted octanol–water partition coefficient (Wildman–Crippen LogP) is 2.11. The summed E-state index contributed by atoms with van der Waals surface area (Å²) in [6, 6.07) is 1.93. The zero-order chi connectivity index (χ0) is 18.0. The van der Waals surface area contributed by atoms with Crippen molar-refractivity contribution in [1.82, 2.24) is 20.3 Å². The van der Waals surface area contributed by atoms with E-state index in [1.807, 2.05) is 13.1 Å². The maximum Gasteiger partial charge on any atom is 0.193 e. The lowest BCUT2D eigenvalue weighted by molar-refractivity contribution is 0.0464. The van der Waals surface area contributed by atoms with E-state index >= 15 is 0 Å². The van der Waals surface area contributed by atoms with Gasteiger partial charge in [-0.15, -0.1) is 0 Å². The molecule has 0 bridgehead atoms. The molecule has 0 atom stereocenters. The SMILES string of the molecule is CN=C(NCCOC1CCCCCC1)N1CCN(Cc2ccon2)CC1. The first-order valence-electron chi connectivity index (χ1n) is 10.0. The summed E-state index contributed by atoms with van der Waals surface area (Å²) >= 11 is 0. The minimum absolute atomic E-state index is 0.460. The Morgan fingerprint density at radius 1 is 1.23 bits per heavy atom. The topological polar surface area (TPSA) is 66.1 Å². The Morgan fingerprint density at radius 3 is 2.65 bits per heavy atom. The van der Waals surface area contributed by atoms with Gasteiger partial charge in [0.05, 0.1) is 18.4 Å². The molecule has 0 radical (unpaired) electrons. The van der Waals surface area contributed by atoms with E-state index in [0.29, 0.717) is 6.10 Å². The summed E-state index contributed by atoms with van der Waals surface area (Å²) in [5, 5.41) is 7.45. The molecule has 1 saturated heterocycles. The number of guanidine groups is 1. The highest BCUT2D eigenvalue weighted by Crippen LogP contribution is 2.19. The number of rotatable bonds is 6. The molecule has 1 aliphatic carbocycles. The number of nitrogens with zero attached hydrogens (tertiary/aromatic N) is 4. The van der Waals surface area contributed by atoms with E-state index in [1.54, 1.807) is 6.26 Å². The number of piperazine rings is 1. The molecule has 1 aliphatic heterocycles. The summed E-state index contributed by atoms with van der Waals surface area (Å²) in [4.78, 5) is 9.17. The minimum atomic E-state index is 0.460. The fourth-order valence-corrected chi connectivity index (χ4v) is 3.80. The van der Waals surface area contributed by atoms with Gasteiger partial charge in [-0.3, -0.25) is 9.89 Å². The van der Waals surface area contributed by atoms with Crippen LogP contribution in [0.5, 0.6) is 0 Å². The fraction of sp³-hybridized carbons (Fsp3) is 0.789. The van der Waals surface area contributed by atoms with E-state index < -0.39 is 0 Å². The van der Waals surface area contributed by atoms with E-state index in [2.05, 4.69) is 25.3 Å². The Labute approximate surface area is 156 Å². The third kappa shape index (κ3) is 5.99. The molecule has 1 N–H and O–H groups in total. The van der Waals surface area contributed by atoms with Crippen molar-refractivity contribution in [2.75, 3.05) is 46.4 Å². The van der Waals surface area contributed by atoms with Crippen molar-refractivity contribution < 1.29 is 9.26 Å². The molecule has 146 valence electrons. The van der Waals surface area contributed by atoms with Gasteiger partial charge >= 0.3 is 0 Å². The van der Waals surface area contributed by atoms with E-state index in [0.717, 1.165) is 57.5 Å². The molecule has 7 nitrogen and oxygen atoms in total. The Balaban J connectivity index is 1.32. The van der Waals surface area contributed by atoms with Crippen LogP contribution in [0.2, 0.25) is 0 Å². The molecule has 26 heavy (non-hydrogen) atoms. The van der Waals surface area contributed by atoms with Crippen LogP contribution >= 0.6 is 0 Å². The van der Waals surface area contributed by atoms with Crippen LogP contribution in [-0.2, 0) is 11.3 Å². The smallest absolute Gasteiger partial charge is 0.193 e. The van der Waals surface area contributed by atoms with Crippen LogP contribution in [0, 0.1) is 0 Å². The highest BCUT2D eigenvalue weighted by Gasteiger charge is 2.20. The zero-order valence-electron chi connectivity index (χ0n) is 16.0. The molecular formula is C19H33N5O2. The number of nitrogens with one attached hydrogen (secondary N) is 1. The zero-order valence-corrected chi connectivity index (χ0v) is 16.0. The number of aliphatic imine (C=N–C) groups is 1. The standard InChI is InChI=1S/C19H33N5O2/c1-20-19(21-9-15-25-18-6-4-2-3-5-7-18)24-12-10-23(11-13-24)16-17-8-14-26-22-17/h8,14,18H,2-7,9-13,15-16H2,1H3,(H,20,21). The Bertz CT molecular complexity index is 518. The third-order valence-electron chi connectivity index (χ3n) is 5.30. The second-order valence-corrected chi connectivity index (χ2v) is 7.21. The van der Waals surface area contributed by atoms with Gasteiger partial charge in [0.2, 0.25) is 0 Å². The molecule has 1 aromatic heterocycles. The van der Waals surface area contributed by atoms with Crippen LogP contribution in [-0.4, -0.2) is 73.4 Å². The maximum atomic E-state index is 6.06. The number of aromatic nitrogens is 1. The van der Waals surface area contributed by atoms with Crippen molar-refractivity contribution in [3.63, 3.8) is 0 Å². The number of ether oxygens (including phenoxy) is 1. The van der Waals surface area contributed by atoms with Crippen LogP contribution in [0.1, 0.15) is 44.2 Å². The molecular weight excluding hydrogens is 330 g/mol. The van der Waals surface area contributed by atoms with Gasteiger partial charge in [0.15, 0.2) is 5.96 Å². The van der Waals surface area contributed by atoms with Gasteiger partial charge in [0, 0.05) is 52.4 Å². The Hall–Kier alpha value is -1.60. The lowest BCUT2D eigenvalue weighted by atomic mass is 10.1. The summed E-state index contributed by atoms with van der Waals surface area (Å²) in [7, 11) is 1.86. The average Bonchev–Trinajstić information content (AvgIpc) is 3.04. The van der Waals surface area contributed by atoms with E-state index in [-0.39, 0.29) is 0 Å². The van der Waals surface area contributed by atoms with Gasteiger partial charge < -0.3 is 19.5 Å². The van der Waals surface area contributed by atoms with Gasteiger partial charge in [-0.05, 0) is 12.8 Å². The summed E-state index contributed by atoms with van der Waals surface area (Å²) < 4.78 is 11.0. The van der Waals surface area contributed by atoms with Crippen molar-refractivity contribution in [2.24, 2.45) is 4.99 Å². The van der Waals surface area contributed by atoms with Gasteiger partial charge in [-0.2, -0.15) is 0 Å². The average molecular weight is 364 g/mol. The van der Waals surface area contributed by atoms with Gasteiger partial charge in [-0.1, -0.05) is 30.8 Å². The summed E-state index contributed by atoms with van der Waals surface area (Å²) in [5.74, 6) is 0.982. The molecule has 1 saturated carbocycles. The van der Waals surface area contributed by atoms with Gasteiger partial charge in [0.25, 0.3) is 0 Å². The quantitative estimate of drug-likeness (QED) is 0.361. The molecule has 2 heterocycles. The molecule has 3 rings (SSSR count). The van der Waals surface area contributed by atoms with Crippen molar-refractivity contribution >= 4 is 5.96 Å². The lowest BCUT2D eigenvalue weighted by Gasteiger charge is -2.36. The summed E-state index contributed by atoms with van der Waals surface area (Å²) in [6.07, 6.45) is 9.91. The second kappa shape index (κ2) is 10.5. The number of hydrogen-bond donors (Lipinski definition) is 1. The first-order valence-corrected chi connectivity index (χ1v) is 10.0. The van der Waals surface area contributed by atoms with Gasteiger partial charge in [0.1, 0.15) is 6.26 Å². The maximum absolute atomic E-state index is 6.06. The minimum Gasteiger partial charge on any atom is -0.376 e. The predicted molar refractivity (Wildman–Crippen MR) is 102 cm³/mol. The second-order valence-electron chi connectivity index (χ2n) is 7.21. The van der Waals surface area contributed by atoms with Crippen LogP contribution in [0.25, 0.3) is 0 Å². The van der Waals surface area contributed by atoms with E-state index in [4.69, 9.17) is 9.26 Å². The first-order chi connectivity index (χ1) is 12.8. The highest BCUT2D eigenvalue weighted by atomic mass is 16.5. The van der Waals surface area contributed by atoms with E-state index in [1.165, 1.54) is 38.5 Å². The lowest BCUT2D eigenvalue weighted by Crippen LogP contribution is -2.52. The van der Waals surface area contributed by atoms with Crippen LogP contribution in [0.4, 0.5) is 0 Å². The van der Waals surface area contributed by atoms with Gasteiger partial charge in [-0.25, -0.2) is 0 Å². The monoisotopic (exact) mass is 363 g/mol. The van der Waals surface area contributed by atoms with Crippen molar-refractivity contribution in [3.8, 4) is 0 Å². The summed E-state index contributed by atoms with van der Waals surface area (Å²) in [5.41, 5.74) is 0.997. The van der Waals surface area contributed by atoms with Crippen LogP contribution in [0.3, 0.4) is 0 Å². The third-order valence-corrected chi connectivity index (χ3v) is 5.30. The summed E-state index contributed by atoms with van der Waals surface area (Å²) in [6.45, 7) is 6.39. The first kappa shape index (κ1) is 19.2. The van der Waals surface area contributed by atoms with E-state index in [9.17, 15) is 0 Å². The fourth-order valence-electron chi connectivity index (χ4n) is 3.80. The van der Waals surface area contributed by atoms with Crippen molar-refractivity contribution in [3.05, 3.63) is 18.0 Å². The molecule has 0 unspecified atom stereocenters. The molecule has 2 fully saturated rings. The molecule has 1 aromatic rings. The Kier molecular flexibility index (Phi) is 7.76. The molecule has 0 spiro atoms. The van der Waals surface area contributed by atoms with Crippen molar-refractivity contribution in [2.45, 2.75) is 51.2 Å². The van der Waals surface area contributed by atoms with Crippen LogP contribution < -0.4 is 5.32 Å². The van der Waals surface area contributed by atoms with Crippen molar-refractivity contribution in [1.29, 1.82) is 0 Å². The molecule has 2 aliphatic rings. The molecule has 7 heteroatoms. The Morgan fingerprint density at radius 2 is 2.00 bits per heavy atom. The highest BCUT2D eigenvalue weighted by molar-refractivity contribution is 5.79. The molecule has 0 amide bonds. The number of hydrogen-bond acceptors (Lipinski definition) is 5. The molecule has 0 aromatic carbocycles.